The normalized spacial score (nSPS) is 27.5. The molecule has 2 heterocycles. The number of anilines is 1. The Morgan fingerprint density at radius 3 is 2.63 bits per heavy atom. The number of carbonyl (C=O) groups is 3. The zero-order chi connectivity index (χ0) is 19.0. The molecule has 0 unspecified atom stereocenters. The Hall–Kier alpha value is -2.47. The minimum absolute atomic E-state index is 0.0912. The van der Waals surface area contributed by atoms with Crippen molar-refractivity contribution in [3.63, 3.8) is 0 Å². The largest absolute Gasteiger partial charge is 0.376 e. The first kappa shape index (κ1) is 17.9. The summed E-state index contributed by atoms with van der Waals surface area (Å²) < 4.78 is 5.50. The Labute approximate surface area is 158 Å². The lowest BCUT2D eigenvalue weighted by Gasteiger charge is -2.18. The fourth-order valence-electron chi connectivity index (χ4n) is 4.17. The molecule has 2 saturated heterocycles. The number of nitrogens with one attached hydrogen (secondary N) is 1. The van der Waals surface area contributed by atoms with Gasteiger partial charge in [-0.1, -0.05) is 11.6 Å². The van der Waals surface area contributed by atoms with E-state index in [0.717, 1.165) is 25.0 Å². The maximum Gasteiger partial charge on any atom is 0.251 e. The third-order valence-corrected chi connectivity index (χ3v) is 5.72. The Bertz CT molecular complexity index is 793. The lowest BCUT2D eigenvalue weighted by atomic mass is 9.82. The molecule has 1 aromatic carbocycles. The molecule has 4 rings (SSSR count). The highest BCUT2D eigenvalue weighted by Gasteiger charge is 2.48. The van der Waals surface area contributed by atoms with Gasteiger partial charge in [0.25, 0.3) is 5.91 Å². The first-order valence-corrected chi connectivity index (χ1v) is 9.58. The zero-order valence-corrected chi connectivity index (χ0v) is 15.4. The average Bonchev–Trinajstić information content (AvgIpc) is 3.27. The van der Waals surface area contributed by atoms with E-state index in [-0.39, 0.29) is 35.7 Å². The Kier molecular flexibility index (Phi) is 4.83. The Balaban J connectivity index is 1.43. The second kappa shape index (κ2) is 7.27. The van der Waals surface area contributed by atoms with Crippen molar-refractivity contribution in [3.05, 3.63) is 41.5 Å². The van der Waals surface area contributed by atoms with Crippen LogP contribution in [0.1, 0.15) is 43.0 Å². The van der Waals surface area contributed by atoms with Crippen molar-refractivity contribution >= 4 is 23.4 Å². The number of allylic oxidation sites excluding steroid dienone is 2. The molecule has 1 N–H and O–H groups in total. The number of rotatable bonds is 4. The monoisotopic (exact) mass is 368 g/mol. The number of carbonyl (C=O) groups excluding carboxylic acids is 3. The molecule has 3 atom stereocenters. The minimum atomic E-state index is -0.254. The summed E-state index contributed by atoms with van der Waals surface area (Å²) >= 11 is 0. The van der Waals surface area contributed by atoms with E-state index in [1.807, 2.05) is 6.92 Å². The molecule has 6 nitrogen and oxygen atoms in total. The lowest BCUT2D eigenvalue weighted by Crippen LogP contribution is -2.32. The van der Waals surface area contributed by atoms with Crippen LogP contribution in [0.3, 0.4) is 0 Å². The molecule has 2 aliphatic heterocycles. The van der Waals surface area contributed by atoms with Gasteiger partial charge in [-0.3, -0.25) is 19.3 Å². The molecule has 6 heteroatoms. The highest BCUT2D eigenvalue weighted by Crippen LogP contribution is 2.39. The van der Waals surface area contributed by atoms with E-state index < -0.39 is 0 Å². The summed E-state index contributed by atoms with van der Waals surface area (Å²) in [6, 6.07) is 6.67. The average molecular weight is 368 g/mol. The maximum absolute atomic E-state index is 12.7. The van der Waals surface area contributed by atoms with Crippen LogP contribution >= 0.6 is 0 Å². The fourth-order valence-corrected chi connectivity index (χ4v) is 4.17. The predicted molar refractivity (Wildman–Crippen MR) is 100 cm³/mol. The van der Waals surface area contributed by atoms with Gasteiger partial charge in [0.2, 0.25) is 11.8 Å². The van der Waals surface area contributed by atoms with Crippen LogP contribution in [-0.4, -0.2) is 37.0 Å². The number of hydrogen-bond acceptors (Lipinski definition) is 4. The van der Waals surface area contributed by atoms with Crippen molar-refractivity contribution in [1.82, 2.24) is 5.32 Å². The van der Waals surface area contributed by atoms with Crippen LogP contribution in [-0.2, 0) is 14.3 Å². The molecule has 0 bridgehead atoms. The second-order valence-corrected chi connectivity index (χ2v) is 7.61. The molecule has 0 aromatic heterocycles. The maximum atomic E-state index is 12.7. The molecular formula is C21H24N2O4. The summed E-state index contributed by atoms with van der Waals surface area (Å²) in [6.07, 6.45) is 5.42. The molecule has 3 aliphatic rings. The van der Waals surface area contributed by atoms with Gasteiger partial charge in [-0.25, -0.2) is 0 Å². The van der Waals surface area contributed by atoms with Gasteiger partial charge in [0.1, 0.15) is 0 Å². The highest BCUT2D eigenvalue weighted by molar-refractivity contribution is 6.22. The molecule has 0 spiro atoms. The number of hydrogen-bond donors (Lipinski definition) is 1. The van der Waals surface area contributed by atoms with E-state index in [1.54, 1.807) is 24.3 Å². The molecule has 142 valence electrons. The molecule has 27 heavy (non-hydrogen) atoms. The van der Waals surface area contributed by atoms with Crippen LogP contribution in [0.5, 0.6) is 0 Å². The molecule has 2 fully saturated rings. The first-order valence-electron chi connectivity index (χ1n) is 9.58. The molecule has 1 aromatic rings. The first-order chi connectivity index (χ1) is 13.0. The highest BCUT2D eigenvalue weighted by atomic mass is 16.5. The van der Waals surface area contributed by atoms with E-state index in [9.17, 15) is 14.4 Å². The third kappa shape index (κ3) is 3.41. The van der Waals surface area contributed by atoms with E-state index in [4.69, 9.17) is 4.74 Å². The van der Waals surface area contributed by atoms with Gasteiger partial charge < -0.3 is 10.1 Å². The van der Waals surface area contributed by atoms with Gasteiger partial charge in [-0.05, 0) is 56.9 Å². The summed E-state index contributed by atoms with van der Waals surface area (Å²) in [4.78, 5) is 39.0. The third-order valence-electron chi connectivity index (χ3n) is 5.72. The van der Waals surface area contributed by atoms with Gasteiger partial charge in [-0.15, -0.1) is 0 Å². The van der Waals surface area contributed by atoms with Crippen LogP contribution in [0.25, 0.3) is 0 Å². The van der Waals surface area contributed by atoms with E-state index in [2.05, 4.69) is 11.4 Å². The SMILES string of the molecule is CC1=CC[C@@H]2C(=O)N(c3ccc(C(=O)NC[C@H]4CCCO4)cc3)C(=O)[C@H]2C1. The van der Waals surface area contributed by atoms with Crippen molar-refractivity contribution in [2.75, 3.05) is 18.1 Å². The molecule has 1 aliphatic carbocycles. The molecular weight excluding hydrogens is 344 g/mol. The van der Waals surface area contributed by atoms with Crippen LogP contribution < -0.4 is 10.2 Å². The van der Waals surface area contributed by atoms with E-state index in [1.165, 1.54) is 4.90 Å². The number of fused-ring (bicyclic) bond motifs is 1. The smallest absolute Gasteiger partial charge is 0.251 e. The Morgan fingerprint density at radius 1 is 1.19 bits per heavy atom. The standard InChI is InChI=1S/C21H24N2O4/c1-13-4-9-17-18(11-13)21(26)23(20(17)25)15-7-5-14(6-8-15)19(24)22-12-16-3-2-10-27-16/h4-8,16-18H,2-3,9-12H2,1H3,(H,22,24)/t16-,17+,18+/m1/s1. The van der Waals surface area contributed by atoms with E-state index in [0.29, 0.717) is 30.6 Å². The van der Waals surface area contributed by atoms with Crippen molar-refractivity contribution in [3.8, 4) is 0 Å². The summed E-state index contributed by atoms with van der Waals surface area (Å²) in [6.45, 7) is 3.25. The molecule has 0 radical (unpaired) electrons. The zero-order valence-electron chi connectivity index (χ0n) is 15.4. The van der Waals surface area contributed by atoms with Crippen molar-refractivity contribution in [1.29, 1.82) is 0 Å². The summed E-state index contributed by atoms with van der Waals surface area (Å²) in [5, 5.41) is 2.87. The van der Waals surface area contributed by atoms with Crippen LogP contribution in [0.4, 0.5) is 5.69 Å². The van der Waals surface area contributed by atoms with Crippen LogP contribution in [0, 0.1) is 11.8 Å². The van der Waals surface area contributed by atoms with Crippen molar-refractivity contribution in [2.24, 2.45) is 11.8 Å². The predicted octanol–water partition coefficient (Wildman–Crippen LogP) is 2.44. The molecule has 0 saturated carbocycles. The minimum Gasteiger partial charge on any atom is -0.376 e. The quantitative estimate of drug-likeness (QED) is 0.654. The van der Waals surface area contributed by atoms with Gasteiger partial charge in [0.05, 0.1) is 23.6 Å². The van der Waals surface area contributed by atoms with Crippen molar-refractivity contribution in [2.45, 2.75) is 38.7 Å². The van der Waals surface area contributed by atoms with E-state index >= 15 is 0 Å². The van der Waals surface area contributed by atoms with Gasteiger partial charge in [0.15, 0.2) is 0 Å². The second-order valence-electron chi connectivity index (χ2n) is 7.61. The lowest BCUT2D eigenvalue weighted by molar-refractivity contribution is -0.122. The summed E-state index contributed by atoms with van der Waals surface area (Å²) in [5.41, 5.74) is 2.20. The van der Waals surface area contributed by atoms with Crippen molar-refractivity contribution < 1.29 is 19.1 Å². The number of ether oxygens (including phenoxy) is 1. The van der Waals surface area contributed by atoms with Gasteiger partial charge in [-0.2, -0.15) is 0 Å². The summed E-state index contributed by atoms with van der Waals surface area (Å²) in [5.74, 6) is -0.950. The van der Waals surface area contributed by atoms with Gasteiger partial charge in [0, 0.05) is 18.7 Å². The topological polar surface area (TPSA) is 75.7 Å². The van der Waals surface area contributed by atoms with Crippen LogP contribution in [0.15, 0.2) is 35.9 Å². The fraction of sp³-hybridized carbons (Fsp3) is 0.476. The number of imide groups is 1. The number of amides is 3. The Morgan fingerprint density at radius 2 is 1.93 bits per heavy atom. The summed E-state index contributed by atoms with van der Waals surface area (Å²) in [7, 11) is 0. The van der Waals surface area contributed by atoms with Crippen LogP contribution in [0.2, 0.25) is 0 Å². The molecule has 3 amide bonds. The number of benzene rings is 1. The van der Waals surface area contributed by atoms with Gasteiger partial charge >= 0.3 is 0 Å². The number of nitrogens with zero attached hydrogens (tertiary/aromatic N) is 1.